The Hall–Kier alpha value is -2.42. The van der Waals surface area contributed by atoms with Crippen LogP contribution in [0.2, 0.25) is 0 Å². The molecule has 0 radical (unpaired) electrons. The van der Waals surface area contributed by atoms with Crippen LogP contribution in [-0.4, -0.2) is 30.2 Å². The summed E-state index contributed by atoms with van der Waals surface area (Å²) < 4.78 is 5.29. The first-order valence-corrected chi connectivity index (χ1v) is 9.73. The van der Waals surface area contributed by atoms with Crippen molar-refractivity contribution in [3.8, 4) is 23.1 Å². The van der Waals surface area contributed by atoms with Crippen LogP contribution in [0.3, 0.4) is 0 Å². The van der Waals surface area contributed by atoms with Gasteiger partial charge in [0.15, 0.2) is 0 Å². The van der Waals surface area contributed by atoms with Crippen LogP contribution in [0.4, 0.5) is 0 Å². The molecule has 2 aromatic rings. The predicted molar refractivity (Wildman–Crippen MR) is 105 cm³/mol. The van der Waals surface area contributed by atoms with E-state index >= 15 is 0 Å². The molecule has 140 valence electrons. The summed E-state index contributed by atoms with van der Waals surface area (Å²) in [5.74, 6) is 1.23. The topological polar surface area (TPSA) is 84.0 Å². The third-order valence-electron chi connectivity index (χ3n) is 5.79. The largest absolute Gasteiger partial charge is 0.497 e. The van der Waals surface area contributed by atoms with Crippen LogP contribution in [0, 0.1) is 11.3 Å². The number of ether oxygens (including phenoxy) is 1. The van der Waals surface area contributed by atoms with Gasteiger partial charge in [-0.05, 0) is 61.9 Å². The quantitative estimate of drug-likeness (QED) is 0.852. The van der Waals surface area contributed by atoms with E-state index < -0.39 is 0 Å². The molecule has 4 rings (SSSR count). The minimum Gasteiger partial charge on any atom is -0.497 e. The van der Waals surface area contributed by atoms with Crippen molar-refractivity contribution in [1.29, 1.82) is 5.26 Å². The Bertz CT molecular complexity index is 834. The molecule has 2 unspecified atom stereocenters. The number of nitrogens with two attached hydrogens (primary N) is 1. The second kappa shape index (κ2) is 7.67. The Morgan fingerprint density at radius 3 is 2.67 bits per heavy atom. The fourth-order valence-electron chi connectivity index (χ4n) is 4.06. The van der Waals surface area contributed by atoms with Gasteiger partial charge in [-0.2, -0.15) is 5.26 Å². The zero-order valence-corrected chi connectivity index (χ0v) is 15.7. The van der Waals surface area contributed by atoms with E-state index in [9.17, 15) is 5.26 Å². The van der Waals surface area contributed by atoms with Crippen LogP contribution in [0.1, 0.15) is 49.1 Å². The van der Waals surface area contributed by atoms with Gasteiger partial charge in [0.1, 0.15) is 5.75 Å². The number of nitrogens with zero attached hydrogens (tertiary/aromatic N) is 2. The van der Waals surface area contributed by atoms with Crippen molar-refractivity contribution in [3.05, 3.63) is 47.7 Å². The highest BCUT2D eigenvalue weighted by Gasteiger charge is 2.40. The SMILES string of the molecule is COc1cc(C#N)cc(-c2ccc(C3CC3NC3CCC(N)CC3)cn2)c1. The van der Waals surface area contributed by atoms with Crippen molar-refractivity contribution in [3.63, 3.8) is 0 Å². The molecule has 2 atom stereocenters. The Morgan fingerprint density at radius 1 is 1.19 bits per heavy atom. The molecule has 5 nitrogen and oxygen atoms in total. The minimum absolute atomic E-state index is 0.396. The van der Waals surface area contributed by atoms with Gasteiger partial charge in [0.2, 0.25) is 0 Å². The average molecular weight is 362 g/mol. The molecule has 3 N–H and O–H groups in total. The molecule has 0 bridgehead atoms. The lowest BCUT2D eigenvalue weighted by molar-refractivity contribution is 0.339. The Labute approximate surface area is 160 Å². The number of hydrogen-bond donors (Lipinski definition) is 2. The molecule has 0 amide bonds. The molecule has 0 aliphatic heterocycles. The van der Waals surface area contributed by atoms with Gasteiger partial charge < -0.3 is 15.8 Å². The molecule has 0 saturated heterocycles. The van der Waals surface area contributed by atoms with Gasteiger partial charge in [0.25, 0.3) is 0 Å². The van der Waals surface area contributed by atoms with Crippen molar-refractivity contribution >= 4 is 0 Å². The normalized spacial score (nSPS) is 27.0. The highest BCUT2D eigenvalue weighted by Crippen LogP contribution is 2.42. The van der Waals surface area contributed by atoms with Gasteiger partial charge in [-0.15, -0.1) is 0 Å². The molecular formula is C22H26N4O. The van der Waals surface area contributed by atoms with E-state index in [1.807, 2.05) is 24.4 Å². The van der Waals surface area contributed by atoms with Gasteiger partial charge in [0, 0.05) is 35.8 Å². The summed E-state index contributed by atoms with van der Waals surface area (Å²) in [7, 11) is 1.61. The Balaban J connectivity index is 1.41. The highest BCUT2D eigenvalue weighted by molar-refractivity contribution is 5.64. The maximum absolute atomic E-state index is 9.19. The predicted octanol–water partition coefficient (Wildman–Crippen LogP) is 3.34. The van der Waals surface area contributed by atoms with Crippen LogP contribution >= 0.6 is 0 Å². The van der Waals surface area contributed by atoms with Crippen LogP contribution < -0.4 is 15.8 Å². The summed E-state index contributed by atoms with van der Waals surface area (Å²) in [6, 6.07) is 13.5. The molecule has 2 aliphatic rings. The standard InChI is InChI=1S/C22H26N4O/c1-27-19-9-14(12-23)8-16(10-19)21-7-2-15(13-25-21)20-11-22(20)26-18-5-3-17(24)4-6-18/h2,7-10,13,17-18,20,22,26H,3-6,11,24H2,1H3. The molecule has 1 aromatic heterocycles. The maximum Gasteiger partial charge on any atom is 0.120 e. The lowest BCUT2D eigenvalue weighted by Crippen LogP contribution is -2.38. The zero-order valence-electron chi connectivity index (χ0n) is 15.7. The number of nitrogens with one attached hydrogen (secondary N) is 1. The molecule has 2 aliphatic carbocycles. The van der Waals surface area contributed by atoms with Crippen molar-refractivity contribution in [1.82, 2.24) is 10.3 Å². The zero-order chi connectivity index (χ0) is 18.8. The summed E-state index contributed by atoms with van der Waals surface area (Å²) >= 11 is 0. The van der Waals surface area contributed by atoms with E-state index in [1.165, 1.54) is 24.8 Å². The number of hydrogen-bond acceptors (Lipinski definition) is 5. The van der Waals surface area contributed by atoms with Gasteiger partial charge in [-0.1, -0.05) is 6.07 Å². The number of aromatic nitrogens is 1. The van der Waals surface area contributed by atoms with Gasteiger partial charge in [-0.25, -0.2) is 0 Å². The van der Waals surface area contributed by atoms with E-state index in [1.54, 1.807) is 13.2 Å². The number of methoxy groups -OCH3 is 1. The lowest BCUT2D eigenvalue weighted by Gasteiger charge is -2.27. The molecular weight excluding hydrogens is 336 g/mol. The third-order valence-corrected chi connectivity index (χ3v) is 5.79. The number of benzene rings is 1. The average Bonchev–Trinajstić information content (AvgIpc) is 3.48. The van der Waals surface area contributed by atoms with Gasteiger partial charge in [0.05, 0.1) is 24.4 Å². The van der Waals surface area contributed by atoms with E-state index in [0.29, 0.717) is 35.4 Å². The number of pyridine rings is 1. The molecule has 5 heteroatoms. The molecule has 27 heavy (non-hydrogen) atoms. The van der Waals surface area contributed by atoms with Gasteiger partial charge >= 0.3 is 0 Å². The fraction of sp³-hybridized carbons (Fsp3) is 0.455. The first-order chi connectivity index (χ1) is 13.2. The van der Waals surface area contributed by atoms with E-state index in [2.05, 4.69) is 22.4 Å². The first kappa shape index (κ1) is 18.0. The molecule has 1 aromatic carbocycles. The van der Waals surface area contributed by atoms with Crippen LogP contribution in [0.25, 0.3) is 11.3 Å². The Kier molecular flexibility index (Phi) is 5.11. The summed E-state index contributed by atoms with van der Waals surface area (Å²) in [5.41, 5.74) is 9.63. The second-order valence-corrected chi connectivity index (χ2v) is 7.77. The second-order valence-electron chi connectivity index (χ2n) is 7.77. The van der Waals surface area contributed by atoms with E-state index in [0.717, 1.165) is 24.1 Å². The van der Waals surface area contributed by atoms with Crippen LogP contribution in [0.5, 0.6) is 5.75 Å². The molecule has 2 fully saturated rings. The summed E-state index contributed by atoms with van der Waals surface area (Å²) in [6.07, 6.45) is 7.82. The van der Waals surface area contributed by atoms with Crippen LogP contribution in [-0.2, 0) is 0 Å². The highest BCUT2D eigenvalue weighted by atomic mass is 16.5. The van der Waals surface area contributed by atoms with Crippen molar-refractivity contribution in [2.45, 2.75) is 56.1 Å². The van der Waals surface area contributed by atoms with Crippen LogP contribution in [0.15, 0.2) is 36.5 Å². The first-order valence-electron chi connectivity index (χ1n) is 9.73. The number of rotatable bonds is 5. The van der Waals surface area contributed by atoms with Crippen molar-refractivity contribution in [2.24, 2.45) is 5.73 Å². The number of nitriles is 1. The summed E-state index contributed by atoms with van der Waals surface area (Å²) in [4.78, 5) is 4.64. The van der Waals surface area contributed by atoms with E-state index in [4.69, 9.17) is 10.5 Å². The van der Waals surface area contributed by atoms with E-state index in [-0.39, 0.29) is 0 Å². The maximum atomic E-state index is 9.19. The molecule has 1 heterocycles. The third kappa shape index (κ3) is 4.13. The lowest BCUT2D eigenvalue weighted by atomic mass is 9.92. The minimum atomic E-state index is 0.396. The summed E-state index contributed by atoms with van der Waals surface area (Å²) in [5, 5.41) is 13.0. The van der Waals surface area contributed by atoms with Gasteiger partial charge in [-0.3, -0.25) is 4.98 Å². The van der Waals surface area contributed by atoms with Crippen molar-refractivity contribution < 1.29 is 4.74 Å². The molecule has 2 saturated carbocycles. The smallest absolute Gasteiger partial charge is 0.120 e. The summed E-state index contributed by atoms with van der Waals surface area (Å²) in [6.45, 7) is 0. The Morgan fingerprint density at radius 2 is 2.00 bits per heavy atom. The monoisotopic (exact) mass is 362 g/mol. The molecule has 0 spiro atoms. The fourth-order valence-corrected chi connectivity index (χ4v) is 4.06. The van der Waals surface area contributed by atoms with Crippen molar-refractivity contribution in [2.75, 3.05) is 7.11 Å².